The van der Waals surface area contributed by atoms with E-state index < -0.39 is 0 Å². The van der Waals surface area contributed by atoms with Gasteiger partial charge in [0.05, 0.1) is 0 Å². The van der Waals surface area contributed by atoms with Gasteiger partial charge in [0.2, 0.25) is 6.41 Å². The summed E-state index contributed by atoms with van der Waals surface area (Å²) in [4.78, 5) is 17.7. The average molecular weight is 206 g/mol. The Bertz CT molecular complexity index is 293. The molecule has 0 spiro atoms. The van der Waals surface area contributed by atoms with Crippen molar-refractivity contribution >= 4 is 35.3 Å². The molecule has 4 nitrogen and oxygen atoms in total. The van der Waals surface area contributed by atoms with Gasteiger partial charge in [-0.15, -0.1) is 0 Å². The molecule has 1 rings (SSSR count). The normalized spacial score (nSPS) is 9.58. The first-order valence-electron chi connectivity index (χ1n) is 3.05. The number of amides is 1. The molecule has 1 heterocycles. The lowest BCUT2D eigenvalue weighted by atomic mass is 10.5. The van der Waals surface area contributed by atoms with Gasteiger partial charge in [-0.25, -0.2) is 9.97 Å². The zero-order valence-corrected chi connectivity index (χ0v) is 7.65. The van der Waals surface area contributed by atoms with Crippen molar-refractivity contribution in [3.63, 3.8) is 0 Å². The molecule has 12 heavy (non-hydrogen) atoms. The van der Waals surface area contributed by atoms with E-state index in [9.17, 15) is 4.79 Å². The topological polar surface area (TPSA) is 54.9 Å². The number of carbonyl (C=O) groups is 1. The quantitative estimate of drug-likeness (QED) is 0.591. The summed E-state index contributed by atoms with van der Waals surface area (Å²) in [7, 11) is 0. The van der Waals surface area contributed by atoms with Gasteiger partial charge < -0.3 is 5.32 Å². The van der Waals surface area contributed by atoms with Crippen molar-refractivity contribution in [3.05, 3.63) is 16.1 Å². The van der Waals surface area contributed by atoms with Gasteiger partial charge in [0.15, 0.2) is 10.3 Å². The smallest absolute Gasteiger partial charge is 0.211 e. The fraction of sp³-hybridized carbons (Fsp3) is 0.167. The Morgan fingerprint density at radius 2 is 1.83 bits per heavy atom. The minimum atomic E-state index is 0.139. The van der Waals surface area contributed by atoms with Crippen LogP contribution in [0.3, 0.4) is 0 Å². The van der Waals surface area contributed by atoms with Crippen molar-refractivity contribution in [2.24, 2.45) is 0 Å². The molecule has 0 aliphatic rings. The maximum atomic E-state index is 10.1. The van der Waals surface area contributed by atoms with Gasteiger partial charge in [0.25, 0.3) is 0 Å². The highest BCUT2D eigenvalue weighted by molar-refractivity contribution is 6.37. The highest BCUT2D eigenvalue weighted by Gasteiger charge is 2.08. The van der Waals surface area contributed by atoms with Crippen molar-refractivity contribution < 1.29 is 4.79 Å². The van der Waals surface area contributed by atoms with Crippen LogP contribution in [0.15, 0.2) is 0 Å². The van der Waals surface area contributed by atoms with Crippen LogP contribution >= 0.6 is 23.2 Å². The number of rotatable bonds is 2. The molecule has 0 aliphatic carbocycles. The molecule has 0 aliphatic heterocycles. The fourth-order valence-electron chi connectivity index (χ4n) is 0.684. The second kappa shape index (κ2) is 3.69. The van der Waals surface area contributed by atoms with Crippen LogP contribution in [-0.4, -0.2) is 16.4 Å². The first-order chi connectivity index (χ1) is 5.65. The first-order valence-corrected chi connectivity index (χ1v) is 3.80. The molecule has 6 heteroatoms. The van der Waals surface area contributed by atoms with Crippen LogP contribution in [-0.2, 0) is 4.79 Å². The minimum Gasteiger partial charge on any atom is -0.324 e. The fourth-order valence-corrected chi connectivity index (χ4v) is 1.27. The van der Waals surface area contributed by atoms with Crippen molar-refractivity contribution in [1.82, 2.24) is 9.97 Å². The molecule has 0 fully saturated rings. The Kier molecular flexibility index (Phi) is 2.83. The van der Waals surface area contributed by atoms with Gasteiger partial charge in [0, 0.05) is 0 Å². The summed E-state index contributed by atoms with van der Waals surface area (Å²) in [6, 6.07) is 0. The number of anilines is 1. The zero-order chi connectivity index (χ0) is 9.14. The van der Waals surface area contributed by atoms with E-state index in [1.165, 1.54) is 0 Å². The lowest BCUT2D eigenvalue weighted by Gasteiger charge is -2.03. The summed E-state index contributed by atoms with van der Waals surface area (Å²) in [5.41, 5.74) is 0.235. The Balaban J connectivity index is 3.18. The van der Waals surface area contributed by atoms with Crippen molar-refractivity contribution in [1.29, 1.82) is 0 Å². The Hall–Kier alpha value is -0.870. The van der Waals surface area contributed by atoms with Gasteiger partial charge in [-0.05, 0) is 6.92 Å². The number of nitrogens with zero attached hydrogens (tertiary/aromatic N) is 2. The molecule has 1 N–H and O–H groups in total. The van der Waals surface area contributed by atoms with E-state index in [0.29, 0.717) is 12.2 Å². The minimum absolute atomic E-state index is 0.139. The van der Waals surface area contributed by atoms with Crippen LogP contribution in [0.2, 0.25) is 10.3 Å². The summed E-state index contributed by atoms with van der Waals surface area (Å²) in [6.45, 7) is 1.66. The highest BCUT2D eigenvalue weighted by atomic mass is 35.5. The third-order valence-corrected chi connectivity index (χ3v) is 1.68. The monoisotopic (exact) mass is 205 g/mol. The van der Waals surface area contributed by atoms with Crippen LogP contribution in [0.4, 0.5) is 5.69 Å². The van der Waals surface area contributed by atoms with E-state index in [4.69, 9.17) is 23.2 Å². The molecule has 0 aromatic carbocycles. The van der Waals surface area contributed by atoms with E-state index in [-0.39, 0.29) is 16.0 Å². The number of halogens is 2. The van der Waals surface area contributed by atoms with E-state index >= 15 is 0 Å². The lowest BCUT2D eigenvalue weighted by molar-refractivity contribution is -0.105. The summed E-state index contributed by atoms with van der Waals surface area (Å²) in [6.07, 6.45) is 0.464. The van der Waals surface area contributed by atoms with E-state index in [1.807, 2.05) is 0 Å². The second-order valence-electron chi connectivity index (χ2n) is 1.99. The third-order valence-electron chi connectivity index (χ3n) is 1.14. The predicted molar refractivity (Wildman–Crippen MR) is 46.5 cm³/mol. The molecule has 0 saturated heterocycles. The molecular weight excluding hydrogens is 201 g/mol. The molecule has 1 aromatic rings. The third kappa shape index (κ3) is 1.84. The lowest BCUT2D eigenvalue weighted by Crippen LogP contribution is -2.00. The van der Waals surface area contributed by atoms with Gasteiger partial charge in [-0.3, -0.25) is 4.79 Å². The molecule has 0 saturated carbocycles. The van der Waals surface area contributed by atoms with E-state index in [1.54, 1.807) is 6.92 Å². The predicted octanol–water partition coefficient (Wildman–Crippen LogP) is 1.66. The molecule has 0 atom stereocenters. The van der Waals surface area contributed by atoms with Crippen LogP contribution in [0.5, 0.6) is 0 Å². The number of hydrogen-bond donors (Lipinski definition) is 1. The van der Waals surface area contributed by atoms with Crippen molar-refractivity contribution in [2.45, 2.75) is 6.92 Å². The summed E-state index contributed by atoms with van der Waals surface area (Å²) >= 11 is 11.3. The maximum absolute atomic E-state index is 10.1. The summed E-state index contributed by atoms with van der Waals surface area (Å²) in [5.74, 6) is 0.460. The standard InChI is InChI=1S/C6H5Cl2N3O/c1-3-10-5(7)4(9-2-12)6(8)11-3/h2H,1H3,(H,9,12). The summed E-state index contributed by atoms with van der Waals surface area (Å²) in [5, 5.41) is 2.58. The van der Waals surface area contributed by atoms with Crippen molar-refractivity contribution in [2.75, 3.05) is 5.32 Å². The van der Waals surface area contributed by atoms with E-state index in [0.717, 1.165) is 0 Å². The number of carbonyl (C=O) groups excluding carboxylic acids is 1. The molecule has 0 radical (unpaired) electrons. The number of aromatic nitrogens is 2. The molecular formula is C6H5Cl2N3O. The van der Waals surface area contributed by atoms with Gasteiger partial charge in [0.1, 0.15) is 11.5 Å². The van der Waals surface area contributed by atoms with Crippen LogP contribution < -0.4 is 5.32 Å². The van der Waals surface area contributed by atoms with Crippen LogP contribution in [0.25, 0.3) is 0 Å². The van der Waals surface area contributed by atoms with Crippen molar-refractivity contribution in [3.8, 4) is 0 Å². The molecule has 0 unspecified atom stereocenters. The Labute approximate surface area is 78.9 Å². The van der Waals surface area contributed by atoms with Gasteiger partial charge in [-0.1, -0.05) is 23.2 Å². The number of aryl methyl sites for hydroxylation is 1. The van der Waals surface area contributed by atoms with Gasteiger partial charge in [-0.2, -0.15) is 0 Å². The zero-order valence-electron chi connectivity index (χ0n) is 6.14. The number of hydrogen-bond acceptors (Lipinski definition) is 3. The first kappa shape index (κ1) is 9.22. The molecule has 1 aromatic heterocycles. The molecule has 1 amide bonds. The van der Waals surface area contributed by atoms with E-state index in [2.05, 4.69) is 15.3 Å². The largest absolute Gasteiger partial charge is 0.324 e. The van der Waals surface area contributed by atoms with Crippen LogP contribution in [0.1, 0.15) is 5.82 Å². The molecule has 0 bridgehead atoms. The Morgan fingerprint density at radius 1 is 1.33 bits per heavy atom. The molecule has 64 valence electrons. The highest BCUT2D eigenvalue weighted by Crippen LogP contribution is 2.25. The van der Waals surface area contributed by atoms with Gasteiger partial charge >= 0.3 is 0 Å². The number of nitrogens with one attached hydrogen (secondary N) is 1. The Morgan fingerprint density at radius 3 is 2.25 bits per heavy atom. The SMILES string of the molecule is Cc1nc(Cl)c(NC=O)c(Cl)n1. The average Bonchev–Trinajstić information content (AvgIpc) is 1.96. The summed E-state index contributed by atoms with van der Waals surface area (Å²) < 4.78 is 0. The maximum Gasteiger partial charge on any atom is 0.211 e. The second-order valence-corrected chi connectivity index (χ2v) is 2.71. The van der Waals surface area contributed by atoms with Crippen LogP contribution in [0, 0.1) is 6.92 Å².